The Labute approximate surface area is 52.5 Å². The van der Waals surface area contributed by atoms with Crippen molar-refractivity contribution in [1.29, 1.82) is 0 Å². The zero-order valence-corrected chi connectivity index (χ0v) is 6.99. The van der Waals surface area contributed by atoms with Crippen molar-refractivity contribution in [1.82, 2.24) is 0 Å². The molecule has 4 heavy (non-hydrogen) atoms. The molecule has 0 atom stereocenters. The number of halogens is 2. The van der Waals surface area contributed by atoms with Crippen molar-refractivity contribution in [3.05, 3.63) is 0 Å². The van der Waals surface area contributed by atoms with E-state index in [2.05, 4.69) is 44.1 Å². The minimum absolute atomic E-state index is 0.180. The van der Waals surface area contributed by atoms with Crippen molar-refractivity contribution >= 4 is 47.4 Å². The van der Waals surface area contributed by atoms with Gasteiger partial charge in [0.2, 0.25) is 0 Å². The van der Waals surface area contributed by atoms with Crippen LogP contribution in [0.1, 0.15) is 0 Å². The van der Waals surface area contributed by atoms with E-state index in [0.29, 0.717) is 0 Å². The summed E-state index contributed by atoms with van der Waals surface area (Å²) in [5.74, 6) is 0. The predicted molar refractivity (Wildman–Crippen MR) is 39.1 cm³/mol. The van der Waals surface area contributed by atoms with Crippen molar-refractivity contribution in [3.63, 3.8) is 0 Å². The van der Waals surface area contributed by atoms with Crippen molar-refractivity contribution in [2.45, 2.75) is 0 Å². The fourth-order valence-electron chi connectivity index (χ4n) is 0. The third-order valence-corrected chi connectivity index (χ3v) is 0. The van der Waals surface area contributed by atoms with Gasteiger partial charge >= 0.3 is 0 Å². The van der Waals surface area contributed by atoms with Crippen LogP contribution >= 0.6 is 47.4 Å². The first-order valence-corrected chi connectivity index (χ1v) is 7.58. The average Bonchev–Trinajstić information content (AvgIpc) is 0.811. The predicted octanol–water partition coefficient (Wildman–Crippen LogP) is 2.04. The molecule has 0 radical (unpaired) electrons. The Bertz CT molecular complexity index is 10.8. The summed E-state index contributed by atoms with van der Waals surface area (Å²) in [6, 6.07) is 0. The van der Waals surface area contributed by atoms with Crippen molar-refractivity contribution in [2.24, 2.45) is 5.50 Å². The van der Waals surface area contributed by atoms with E-state index < -0.39 is 0 Å². The molecule has 4 heteroatoms. The molecule has 0 bridgehead atoms. The Morgan fingerprint density at radius 2 is 1.50 bits per heavy atom. The number of rotatable bonds is 0. The maximum atomic E-state index is 5.15. The molecular formula is H2I2NP. The van der Waals surface area contributed by atoms with Crippen LogP contribution in [0.3, 0.4) is 0 Å². The molecule has 2 N–H and O–H groups in total. The highest BCUT2D eigenvalue weighted by Gasteiger charge is 1.73. The summed E-state index contributed by atoms with van der Waals surface area (Å²) in [4.78, 5) is 0. The van der Waals surface area contributed by atoms with Gasteiger partial charge in [0.25, 0.3) is 0 Å². The second kappa shape index (κ2) is 3.06. The highest BCUT2D eigenvalue weighted by atomic mass is 127. The minimum atomic E-state index is -0.180. The summed E-state index contributed by atoms with van der Waals surface area (Å²) in [7, 11) is 0. The van der Waals surface area contributed by atoms with Crippen LogP contribution in [0, 0.1) is 0 Å². The zero-order chi connectivity index (χ0) is 3.58. The Balaban J connectivity index is 2.32. The number of hydrogen-bond donors (Lipinski definition) is 1. The van der Waals surface area contributed by atoms with Crippen molar-refractivity contribution in [3.8, 4) is 0 Å². The van der Waals surface area contributed by atoms with Crippen LogP contribution in [0.5, 0.6) is 0 Å². The molecule has 0 aliphatic heterocycles. The number of hydrogen-bond acceptors (Lipinski definition) is 1. The van der Waals surface area contributed by atoms with Gasteiger partial charge in [0.1, 0.15) is 0 Å². The van der Waals surface area contributed by atoms with Gasteiger partial charge in [-0.2, -0.15) is 0 Å². The molecule has 0 spiro atoms. The van der Waals surface area contributed by atoms with Crippen molar-refractivity contribution in [2.75, 3.05) is 0 Å². The quantitative estimate of drug-likeness (QED) is 0.538. The van der Waals surface area contributed by atoms with Crippen LogP contribution in [0.15, 0.2) is 0 Å². The minimum Gasteiger partial charge on any atom is -0.294 e. The molecule has 0 rings (SSSR count). The number of nitrogens with two attached hydrogens (primary N) is 1. The lowest BCUT2D eigenvalue weighted by molar-refractivity contribution is 2.05. The normalized spacial score (nSPS) is 9.00. The molecule has 1 nitrogen and oxygen atoms in total. The summed E-state index contributed by atoms with van der Waals surface area (Å²) in [5.41, 5.74) is 5.15. The SMILES string of the molecule is NP(I)I. The standard InChI is InChI=1S/H2I2NP/c1-4(2)3/h3H2. The van der Waals surface area contributed by atoms with Crippen LogP contribution in [0.2, 0.25) is 0 Å². The van der Waals surface area contributed by atoms with E-state index in [-0.39, 0.29) is 3.36 Å². The van der Waals surface area contributed by atoms with Crippen LogP contribution in [0.4, 0.5) is 0 Å². The van der Waals surface area contributed by atoms with Gasteiger partial charge in [0.05, 0.1) is 3.36 Å². The lowest BCUT2D eigenvalue weighted by atomic mass is 13.9. The molecule has 0 aromatic rings. The Morgan fingerprint density at radius 1 is 1.50 bits per heavy atom. The fourth-order valence-corrected chi connectivity index (χ4v) is 0. The molecule has 26 valence electrons. The molecule has 0 saturated carbocycles. The maximum Gasteiger partial charge on any atom is 0.0913 e. The van der Waals surface area contributed by atoms with Gasteiger partial charge in [0, 0.05) is 0 Å². The fraction of sp³-hybridized carbons (Fsp3) is 0. The topological polar surface area (TPSA) is 26.0 Å². The monoisotopic (exact) mass is 301 g/mol. The first kappa shape index (κ1) is 5.85. The van der Waals surface area contributed by atoms with E-state index in [9.17, 15) is 0 Å². The van der Waals surface area contributed by atoms with E-state index in [1.165, 1.54) is 0 Å². The average molecular weight is 301 g/mol. The Hall–Kier alpha value is 1.85. The van der Waals surface area contributed by atoms with E-state index in [0.717, 1.165) is 0 Å². The third-order valence-electron chi connectivity index (χ3n) is 0. The Kier molecular flexibility index (Phi) is 4.47. The molecule has 0 aliphatic rings. The van der Waals surface area contributed by atoms with Crippen LogP contribution in [-0.4, -0.2) is 0 Å². The zero-order valence-electron chi connectivity index (χ0n) is 1.78. The van der Waals surface area contributed by atoms with E-state index in [1.807, 2.05) is 0 Å². The van der Waals surface area contributed by atoms with Gasteiger partial charge < -0.3 is 0 Å². The van der Waals surface area contributed by atoms with Gasteiger partial charge in [-0.3, -0.25) is 5.50 Å². The highest BCUT2D eigenvalue weighted by Crippen LogP contribution is 2.44. The molecule has 0 aromatic carbocycles. The molecule has 0 aromatic heterocycles. The molecule has 0 saturated heterocycles. The molecule has 0 amide bonds. The van der Waals surface area contributed by atoms with Gasteiger partial charge in [-0.15, -0.1) is 0 Å². The van der Waals surface area contributed by atoms with Gasteiger partial charge in [-0.1, -0.05) is 0 Å². The molecule has 0 fully saturated rings. The van der Waals surface area contributed by atoms with Crippen molar-refractivity contribution < 1.29 is 0 Å². The largest absolute Gasteiger partial charge is 0.294 e. The first-order valence-electron chi connectivity index (χ1n) is 0.596. The highest BCUT2D eigenvalue weighted by molar-refractivity contribution is 14.3. The maximum absolute atomic E-state index is 5.15. The second-order valence-electron chi connectivity index (χ2n) is 0.259. The van der Waals surface area contributed by atoms with Crippen LogP contribution in [0.25, 0.3) is 0 Å². The second-order valence-corrected chi connectivity index (χ2v) is 12.6. The summed E-state index contributed by atoms with van der Waals surface area (Å²) in [6.45, 7) is 0. The summed E-state index contributed by atoms with van der Waals surface area (Å²) in [6.07, 6.45) is 0. The summed E-state index contributed by atoms with van der Waals surface area (Å²) < 4.78 is -0.180. The van der Waals surface area contributed by atoms with Gasteiger partial charge in [-0.05, 0) is 44.1 Å². The third kappa shape index (κ3) is 9.14. The lowest BCUT2D eigenvalue weighted by Gasteiger charge is -1.75. The lowest BCUT2D eigenvalue weighted by Crippen LogP contribution is -1.61. The van der Waals surface area contributed by atoms with Crippen LogP contribution in [-0.2, 0) is 0 Å². The van der Waals surface area contributed by atoms with Gasteiger partial charge in [0.15, 0.2) is 0 Å². The smallest absolute Gasteiger partial charge is 0.0913 e. The van der Waals surface area contributed by atoms with Gasteiger partial charge in [-0.25, -0.2) is 0 Å². The van der Waals surface area contributed by atoms with Crippen LogP contribution < -0.4 is 5.50 Å². The molecular weight excluding hydrogens is 299 g/mol. The summed E-state index contributed by atoms with van der Waals surface area (Å²) >= 11 is 4.35. The first-order chi connectivity index (χ1) is 1.73. The van der Waals surface area contributed by atoms with E-state index in [4.69, 9.17) is 5.50 Å². The molecule has 0 heterocycles. The molecule has 0 aliphatic carbocycles. The molecule has 0 unspecified atom stereocenters. The van der Waals surface area contributed by atoms with E-state index in [1.54, 1.807) is 0 Å². The Morgan fingerprint density at radius 3 is 1.50 bits per heavy atom. The summed E-state index contributed by atoms with van der Waals surface area (Å²) in [5, 5.41) is 0. The van der Waals surface area contributed by atoms with E-state index >= 15 is 0 Å².